The number of aliphatic hydroxyl groups excluding tert-OH is 1. The molecule has 2 saturated heterocycles. The highest BCUT2D eigenvalue weighted by Gasteiger charge is 2.36. The highest BCUT2D eigenvalue weighted by atomic mass is 32.2. The number of β-amino-alcohol motifs (C(OH)–C–C–N with tert-alkyl or cyclic N) is 1. The summed E-state index contributed by atoms with van der Waals surface area (Å²) in [4.78, 5) is 18.2. The Bertz CT molecular complexity index is 1180. The summed E-state index contributed by atoms with van der Waals surface area (Å²) in [6, 6.07) is 14.7. The number of likely N-dealkylation sites (N-methyl/N-ethyl adjacent to an activating group) is 1. The molecule has 5 rings (SSSR count). The largest absolute Gasteiger partial charge is 0.493 e. The highest BCUT2D eigenvalue weighted by molar-refractivity contribution is 7.89. The van der Waals surface area contributed by atoms with Crippen molar-refractivity contribution in [3.63, 3.8) is 0 Å². The van der Waals surface area contributed by atoms with Crippen LogP contribution in [0.2, 0.25) is 0 Å². The average molecular weight is 514 g/mol. The molecule has 36 heavy (non-hydrogen) atoms. The Hall–Kier alpha value is -2.46. The van der Waals surface area contributed by atoms with Crippen molar-refractivity contribution in [2.75, 3.05) is 46.4 Å². The standard InChI is InChI=1S/C27H35N3O5S/c1-28(25(20-7-3-2-4-8-20)19-29-15-11-21(31)18-29)27(32)23-12-16-35-26-10-9-22(17-24(23)26)36(33,34)30-13-5-6-14-30/h2-4,7-10,17,21,23,25,31H,5-6,11-16,18-19H2,1H3. The first kappa shape index (κ1) is 25.2. The quantitative estimate of drug-likeness (QED) is 0.612. The van der Waals surface area contributed by atoms with Crippen LogP contribution in [0.25, 0.3) is 0 Å². The lowest BCUT2D eigenvalue weighted by Crippen LogP contribution is -2.42. The number of likely N-dealkylation sites (tertiary alicyclic amines) is 1. The zero-order valence-corrected chi connectivity index (χ0v) is 21.6. The monoisotopic (exact) mass is 513 g/mol. The second kappa shape index (κ2) is 10.5. The number of ether oxygens (including phenoxy) is 1. The van der Waals surface area contributed by atoms with Crippen LogP contribution in [0.3, 0.4) is 0 Å². The number of rotatable bonds is 7. The fraction of sp³-hybridized carbons (Fsp3) is 0.519. The van der Waals surface area contributed by atoms with Gasteiger partial charge < -0.3 is 14.7 Å². The first-order valence-corrected chi connectivity index (χ1v) is 14.3. The van der Waals surface area contributed by atoms with Crippen LogP contribution in [0.1, 0.15) is 48.8 Å². The third kappa shape index (κ3) is 5.02. The van der Waals surface area contributed by atoms with Crippen molar-refractivity contribution < 1.29 is 23.1 Å². The van der Waals surface area contributed by atoms with Crippen LogP contribution in [-0.2, 0) is 14.8 Å². The third-order valence-corrected chi connectivity index (χ3v) is 9.59. The van der Waals surface area contributed by atoms with Gasteiger partial charge >= 0.3 is 0 Å². The molecule has 9 heteroatoms. The Morgan fingerprint density at radius 1 is 1.11 bits per heavy atom. The van der Waals surface area contributed by atoms with Crippen LogP contribution in [0.15, 0.2) is 53.4 Å². The highest BCUT2D eigenvalue weighted by Crippen LogP contribution is 2.38. The Kier molecular flexibility index (Phi) is 7.35. The molecule has 0 aliphatic carbocycles. The summed E-state index contributed by atoms with van der Waals surface area (Å²) in [5, 5.41) is 10.0. The van der Waals surface area contributed by atoms with Gasteiger partial charge in [-0.2, -0.15) is 4.31 Å². The van der Waals surface area contributed by atoms with Gasteiger partial charge in [-0.3, -0.25) is 9.69 Å². The van der Waals surface area contributed by atoms with E-state index in [1.54, 1.807) is 23.1 Å². The predicted molar refractivity (Wildman–Crippen MR) is 136 cm³/mol. The fourth-order valence-electron chi connectivity index (χ4n) is 5.62. The number of sulfonamides is 1. The van der Waals surface area contributed by atoms with E-state index < -0.39 is 15.9 Å². The number of aliphatic hydroxyl groups is 1. The molecule has 3 aliphatic heterocycles. The number of fused-ring (bicyclic) bond motifs is 1. The summed E-state index contributed by atoms with van der Waals surface area (Å²) >= 11 is 0. The smallest absolute Gasteiger partial charge is 0.243 e. The second-order valence-electron chi connectivity index (χ2n) is 10.1. The first-order valence-electron chi connectivity index (χ1n) is 12.8. The normalized spacial score (nSPS) is 23.7. The summed E-state index contributed by atoms with van der Waals surface area (Å²) < 4.78 is 33.8. The van der Waals surface area contributed by atoms with Crippen molar-refractivity contribution in [1.82, 2.24) is 14.1 Å². The Labute approximate surface area is 213 Å². The number of hydrogen-bond acceptors (Lipinski definition) is 6. The van der Waals surface area contributed by atoms with Crippen molar-refractivity contribution in [1.29, 1.82) is 0 Å². The lowest BCUT2D eigenvalue weighted by atomic mass is 9.91. The maximum absolute atomic E-state index is 14.0. The van der Waals surface area contributed by atoms with Gasteiger partial charge in [0.15, 0.2) is 0 Å². The molecule has 8 nitrogen and oxygen atoms in total. The van der Waals surface area contributed by atoms with Crippen molar-refractivity contribution in [3.8, 4) is 5.75 Å². The topological polar surface area (TPSA) is 90.4 Å². The summed E-state index contributed by atoms with van der Waals surface area (Å²) in [5.41, 5.74) is 1.68. The number of hydrogen-bond donors (Lipinski definition) is 1. The van der Waals surface area contributed by atoms with Crippen molar-refractivity contribution in [3.05, 3.63) is 59.7 Å². The molecular formula is C27H35N3O5S. The minimum Gasteiger partial charge on any atom is -0.493 e. The first-order chi connectivity index (χ1) is 17.3. The summed E-state index contributed by atoms with van der Waals surface area (Å²) in [6.07, 6.45) is 2.64. The van der Waals surface area contributed by atoms with E-state index in [1.165, 1.54) is 4.31 Å². The third-order valence-electron chi connectivity index (χ3n) is 7.70. The van der Waals surface area contributed by atoms with Crippen molar-refractivity contribution >= 4 is 15.9 Å². The van der Waals surface area contributed by atoms with E-state index in [4.69, 9.17) is 4.74 Å². The minimum atomic E-state index is -3.60. The zero-order valence-electron chi connectivity index (χ0n) is 20.8. The maximum atomic E-state index is 14.0. The molecule has 0 saturated carbocycles. The Morgan fingerprint density at radius 3 is 2.56 bits per heavy atom. The van der Waals surface area contributed by atoms with Gasteiger partial charge in [0.1, 0.15) is 5.75 Å². The lowest BCUT2D eigenvalue weighted by Gasteiger charge is -2.36. The molecule has 3 unspecified atom stereocenters. The van der Waals surface area contributed by atoms with E-state index in [0.717, 1.165) is 31.4 Å². The second-order valence-corrected chi connectivity index (χ2v) is 12.0. The molecule has 194 valence electrons. The summed E-state index contributed by atoms with van der Waals surface area (Å²) in [6.45, 7) is 3.50. The molecule has 3 atom stereocenters. The van der Waals surface area contributed by atoms with Crippen LogP contribution >= 0.6 is 0 Å². The molecular weight excluding hydrogens is 478 g/mol. The average Bonchev–Trinajstić information content (AvgIpc) is 3.59. The molecule has 0 aromatic heterocycles. The minimum absolute atomic E-state index is 0.0520. The van der Waals surface area contributed by atoms with E-state index in [1.807, 2.05) is 37.4 Å². The molecule has 0 radical (unpaired) electrons. The molecule has 3 aliphatic rings. The van der Waals surface area contributed by atoms with Gasteiger partial charge in [0.25, 0.3) is 0 Å². The molecule has 3 heterocycles. The van der Waals surface area contributed by atoms with Crippen LogP contribution in [0.5, 0.6) is 5.75 Å². The van der Waals surface area contributed by atoms with Gasteiger partial charge in [-0.15, -0.1) is 0 Å². The van der Waals surface area contributed by atoms with Gasteiger partial charge in [-0.25, -0.2) is 8.42 Å². The van der Waals surface area contributed by atoms with E-state index in [-0.39, 0.29) is 22.9 Å². The molecule has 2 fully saturated rings. The lowest BCUT2D eigenvalue weighted by molar-refractivity contribution is -0.134. The molecule has 1 N–H and O–H groups in total. The van der Waals surface area contributed by atoms with Crippen LogP contribution in [0, 0.1) is 0 Å². The number of carbonyl (C=O) groups excluding carboxylic acids is 1. The van der Waals surface area contributed by atoms with Crippen LogP contribution in [0.4, 0.5) is 0 Å². The summed E-state index contributed by atoms with van der Waals surface area (Å²) in [5.74, 6) is 0.0408. The predicted octanol–water partition coefficient (Wildman–Crippen LogP) is 2.60. The van der Waals surface area contributed by atoms with Crippen LogP contribution < -0.4 is 4.74 Å². The zero-order chi connectivity index (χ0) is 25.3. The molecule has 1 amide bonds. The van der Waals surface area contributed by atoms with Crippen molar-refractivity contribution in [2.24, 2.45) is 0 Å². The van der Waals surface area contributed by atoms with Gasteiger partial charge in [0.2, 0.25) is 15.9 Å². The number of benzene rings is 2. The fourth-order valence-corrected chi connectivity index (χ4v) is 7.17. The Balaban J connectivity index is 1.43. The van der Waals surface area contributed by atoms with E-state index in [0.29, 0.717) is 50.5 Å². The van der Waals surface area contributed by atoms with Crippen LogP contribution in [-0.4, -0.2) is 86.0 Å². The van der Waals surface area contributed by atoms with Gasteiger partial charge in [-0.1, -0.05) is 30.3 Å². The molecule has 0 bridgehead atoms. The van der Waals surface area contributed by atoms with E-state index >= 15 is 0 Å². The van der Waals surface area contributed by atoms with Gasteiger partial charge in [-0.05, 0) is 49.4 Å². The summed E-state index contributed by atoms with van der Waals surface area (Å²) in [7, 11) is -1.77. The Morgan fingerprint density at radius 2 is 1.86 bits per heavy atom. The van der Waals surface area contributed by atoms with Gasteiger partial charge in [0.05, 0.1) is 29.6 Å². The maximum Gasteiger partial charge on any atom is 0.243 e. The number of amides is 1. The molecule has 2 aromatic rings. The van der Waals surface area contributed by atoms with E-state index in [2.05, 4.69) is 4.90 Å². The van der Waals surface area contributed by atoms with Crippen molar-refractivity contribution in [2.45, 2.75) is 48.6 Å². The number of nitrogens with zero attached hydrogens (tertiary/aromatic N) is 3. The van der Waals surface area contributed by atoms with Gasteiger partial charge in [0, 0.05) is 45.3 Å². The molecule has 2 aromatic carbocycles. The van der Waals surface area contributed by atoms with E-state index in [9.17, 15) is 18.3 Å². The molecule has 0 spiro atoms. The SMILES string of the molecule is CN(C(=O)C1CCOc2ccc(S(=O)(=O)N3CCCC3)cc21)C(CN1CCC(O)C1)c1ccccc1. The number of carbonyl (C=O) groups is 1.